The first-order chi connectivity index (χ1) is 10.9. The fraction of sp³-hybridized carbons (Fsp3) is 0.353. The van der Waals surface area contributed by atoms with Crippen LogP contribution in [0.5, 0.6) is 0 Å². The van der Waals surface area contributed by atoms with Gasteiger partial charge in [0, 0.05) is 18.8 Å². The summed E-state index contributed by atoms with van der Waals surface area (Å²) in [6.45, 7) is 0. The number of hydrogen-bond acceptors (Lipinski definition) is 4. The predicted octanol–water partition coefficient (Wildman–Crippen LogP) is 3.50. The smallest absolute Gasteiger partial charge is 0.164 e. The van der Waals surface area contributed by atoms with Crippen LogP contribution in [-0.2, 0) is 6.42 Å². The van der Waals surface area contributed by atoms with Gasteiger partial charge in [0.05, 0.1) is 11.9 Å². The number of thioether (sulfide) groups is 1. The summed E-state index contributed by atoms with van der Waals surface area (Å²) in [5.41, 5.74) is 2.94. The zero-order valence-corrected chi connectivity index (χ0v) is 13.2. The van der Waals surface area contributed by atoms with Gasteiger partial charge in [0.25, 0.3) is 0 Å². The highest BCUT2D eigenvalue weighted by molar-refractivity contribution is 7.99. The van der Waals surface area contributed by atoms with Crippen molar-refractivity contribution in [3.05, 3.63) is 48.7 Å². The second-order valence-electron chi connectivity index (χ2n) is 5.68. The topological polar surface area (TPSA) is 43.6 Å². The van der Waals surface area contributed by atoms with E-state index in [1.807, 2.05) is 30.6 Å². The highest BCUT2D eigenvalue weighted by atomic mass is 32.2. The SMILES string of the molecule is c1cncc(-n2c(CC3CCSCC3)nc3cccnc32)c1. The molecule has 0 bridgehead atoms. The van der Waals surface area contributed by atoms with Gasteiger partial charge in [-0.3, -0.25) is 9.55 Å². The second-order valence-corrected chi connectivity index (χ2v) is 6.91. The number of pyridine rings is 2. The van der Waals surface area contributed by atoms with Gasteiger partial charge in [0.15, 0.2) is 5.65 Å². The molecule has 0 N–H and O–H groups in total. The molecule has 0 atom stereocenters. The lowest BCUT2D eigenvalue weighted by molar-refractivity contribution is 0.474. The van der Waals surface area contributed by atoms with E-state index < -0.39 is 0 Å². The van der Waals surface area contributed by atoms with Crippen LogP contribution in [0.2, 0.25) is 0 Å². The van der Waals surface area contributed by atoms with Crippen molar-refractivity contribution in [2.45, 2.75) is 19.3 Å². The number of nitrogens with zero attached hydrogens (tertiary/aromatic N) is 4. The predicted molar refractivity (Wildman–Crippen MR) is 90.4 cm³/mol. The fourth-order valence-corrected chi connectivity index (χ4v) is 4.27. The Morgan fingerprint density at radius 3 is 2.82 bits per heavy atom. The van der Waals surface area contributed by atoms with Crippen LogP contribution in [0.4, 0.5) is 0 Å². The van der Waals surface area contributed by atoms with Crippen molar-refractivity contribution in [1.29, 1.82) is 0 Å². The van der Waals surface area contributed by atoms with Crippen LogP contribution < -0.4 is 0 Å². The summed E-state index contributed by atoms with van der Waals surface area (Å²) in [6.07, 6.45) is 9.11. The van der Waals surface area contributed by atoms with E-state index in [1.54, 1.807) is 6.20 Å². The standard InChI is InChI=1S/C17H18N4S/c1-3-14(12-18-7-1)21-16(11-13-5-9-22-10-6-13)20-15-4-2-8-19-17(15)21/h1-4,7-8,12-13H,5-6,9-11H2. The van der Waals surface area contributed by atoms with E-state index in [9.17, 15) is 0 Å². The van der Waals surface area contributed by atoms with Crippen molar-refractivity contribution in [2.75, 3.05) is 11.5 Å². The van der Waals surface area contributed by atoms with Crippen LogP contribution in [0.3, 0.4) is 0 Å². The molecule has 0 amide bonds. The zero-order chi connectivity index (χ0) is 14.8. The van der Waals surface area contributed by atoms with E-state index in [0.717, 1.165) is 35.0 Å². The van der Waals surface area contributed by atoms with Gasteiger partial charge in [-0.2, -0.15) is 11.8 Å². The molecule has 0 radical (unpaired) electrons. The van der Waals surface area contributed by atoms with Crippen LogP contribution >= 0.6 is 11.8 Å². The Morgan fingerprint density at radius 2 is 2.00 bits per heavy atom. The van der Waals surface area contributed by atoms with Gasteiger partial charge >= 0.3 is 0 Å². The molecule has 0 spiro atoms. The maximum Gasteiger partial charge on any atom is 0.164 e. The van der Waals surface area contributed by atoms with Crippen molar-refractivity contribution in [3.63, 3.8) is 0 Å². The minimum atomic E-state index is 0.730. The molecule has 1 aliphatic heterocycles. The van der Waals surface area contributed by atoms with Crippen LogP contribution in [0.15, 0.2) is 42.9 Å². The molecule has 3 aromatic rings. The van der Waals surface area contributed by atoms with Gasteiger partial charge in [-0.1, -0.05) is 0 Å². The molecule has 22 heavy (non-hydrogen) atoms. The number of hydrogen-bond donors (Lipinski definition) is 0. The molecule has 4 rings (SSSR count). The normalized spacial score (nSPS) is 16.2. The molecule has 0 saturated carbocycles. The third-order valence-electron chi connectivity index (χ3n) is 4.20. The molecule has 0 aromatic carbocycles. The highest BCUT2D eigenvalue weighted by Gasteiger charge is 2.20. The number of fused-ring (bicyclic) bond motifs is 1. The molecule has 3 aromatic heterocycles. The number of imidazole rings is 1. The van der Waals surface area contributed by atoms with Crippen molar-refractivity contribution < 1.29 is 0 Å². The van der Waals surface area contributed by atoms with Crippen LogP contribution in [0.25, 0.3) is 16.9 Å². The molecule has 1 fully saturated rings. The van der Waals surface area contributed by atoms with E-state index in [0.29, 0.717) is 0 Å². The molecule has 5 heteroatoms. The maximum absolute atomic E-state index is 4.85. The van der Waals surface area contributed by atoms with Crippen molar-refractivity contribution >= 4 is 22.9 Å². The molecular formula is C17H18N4S. The van der Waals surface area contributed by atoms with E-state index >= 15 is 0 Å². The van der Waals surface area contributed by atoms with Crippen LogP contribution in [0, 0.1) is 5.92 Å². The molecule has 0 unspecified atom stereocenters. The molecule has 112 valence electrons. The third-order valence-corrected chi connectivity index (χ3v) is 5.25. The Kier molecular flexibility index (Phi) is 3.81. The summed E-state index contributed by atoms with van der Waals surface area (Å²) in [7, 11) is 0. The Morgan fingerprint density at radius 1 is 1.14 bits per heavy atom. The average molecular weight is 310 g/mol. The van der Waals surface area contributed by atoms with Gasteiger partial charge < -0.3 is 0 Å². The first-order valence-corrected chi connectivity index (χ1v) is 8.88. The maximum atomic E-state index is 4.85. The quantitative estimate of drug-likeness (QED) is 0.742. The third kappa shape index (κ3) is 2.61. The minimum Gasteiger partial charge on any atom is -0.279 e. The Labute approximate surface area is 134 Å². The minimum absolute atomic E-state index is 0.730. The monoisotopic (exact) mass is 310 g/mol. The summed E-state index contributed by atoms with van der Waals surface area (Å²) in [5, 5.41) is 0. The molecule has 1 saturated heterocycles. The lowest BCUT2D eigenvalue weighted by Gasteiger charge is -2.21. The lowest BCUT2D eigenvalue weighted by atomic mass is 9.98. The van der Waals surface area contributed by atoms with E-state index in [-0.39, 0.29) is 0 Å². The Hall–Kier alpha value is -1.88. The Balaban J connectivity index is 1.79. The molecule has 4 nitrogen and oxygen atoms in total. The Bertz CT molecular complexity index is 763. The van der Waals surface area contributed by atoms with Crippen molar-refractivity contribution in [2.24, 2.45) is 5.92 Å². The summed E-state index contributed by atoms with van der Waals surface area (Å²) in [5.74, 6) is 4.39. The molecule has 1 aliphatic rings. The number of aromatic nitrogens is 4. The largest absolute Gasteiger partial charge is 0.279 e. The second kappa shape index (κ2) is 6.08. The first-order valence-electron chi connectivity index (χ1n) is 7.72. The summed E-state index contributed by atoms with van der Waals surface area (Å²) in [4.78, 5) is 13.6. The molecule has 4 heterocycles. The zero-order valence-electron chi connectivity index (χ0n) is 12.4. The van der Waals surface area contributed by atoms with E-state index in [1.165, 1.54) is 24.3 Å². The number of rotatable bonds is 3. The summed E-state index contributed by atoms with van der Waals surface area (Å²) in [6, 6.07) is 8.02. The van der Waals surface area contributed by atoms with Crippen molar-refractivity contribution in [1.82, 2.24) is 19.5 Å². The summed E-state index contributed by atoms with van der Waals surface area (Å²) >= 11 is 2.07. The summed E-state index contributed by atoms with van der Waals surface area (Å²) < 4.78 is 2.17. The van der Waals surface area contributed by atoms with Gasteiger partial charge in [-0.05, 0) is 54.5 Å². The van der Waals surface area contributed by atoms with Crippen LogP contribution in [0.1, 0.15) is 18.7 Å². The van der Waals surface area contributed by atoms with E-state index in [4.69, 9.17) is 4.98 Å². The van der Waals surface area contributed by atoms with Gasteiger partial charge in [0.1, 0.15) is 11.3 Å². The van der Waals surface area contributed by atoms with Gasteiger partial charge in [-0.25, -0.2) is 9.97 Å². The lowest BCUT2D eigenvalue weighted by Crippen LogP contribution is -2.15. The molecule has 0 aliphatic carbocycles. The average Bonchev–Trinajstić information content (AvgIpc) is 2.94. The highest BCUT2D eigenvalue weighted by Crippen LogP contribution is 2.28. The first kappa shape index (κ1) is 13.8. The van der Waals surface area contributed by atoms with Crippen molar-refractivity contribution in [3.8, 4) is 5.69 Å². The fourth-order valence-electron chi connectivity index (χ4n) is 3.06. The van der Waals surface area contributed by atoms with Gasteiger partial charge in [-0.15, -0.1) is 0 Å². The van der Waals surface area contributed by atoms with Gasteiger partial charge in [0.2, 0.25) is 0 Å². The van der Waals surface area contributed by atoms with E-state index in [2.05, 4.69) is 32.4 Å². The molecular weight excluding hydrogens is 292 g/mol. The van der Waals surface area contributed by atoms with Crippen LogP contribution in [-0.4, -0.2) is 31.0 Å².